The van der Waals surface area contributed by atoms with Crippen LogP contribution < -0.4 is 15.4 Å². The van der Waals surface area contributed by atoms with Crippen LogP contribution in [0.4, 0.5) is 18.9 Å². The zero-order valence-corrected chi connectivity index (χ0v) is 16.4. The molecule has 0 saturated carbocycles. The fourth-order valence-corrected chi connectivity index (χ4v) is 3.60. The summed E-state index contributed by atoms with van der Waals surface area (Å²) >= 11 is 1.27. The molecule has 6 nitrogen and oxygen atoms in total. The van der Waals surface area contributed by atoms with Gasteiger partial charge in [-0.2, -0.15) is 5.26 Å². The maximum atomic E-state index is 12.4. The van der Waals surface area contributed by atoms with Crippen molar-refractivity contribution >= 4 is 33.1 Å². The highest BCUT2D eigenvalue weighted by atomic mass is 32.1. The summed E-state index contributed by atoms with van der Waals surface area (Å²) in [7, 11) is 1.49. The maximum absolute atomic E-state index is 12.4. The fourth-order valence-electron chi connectivity index (χ4n) is 2.79. The number of nitrogens with one attached hydrogen (secondary N) is 2. The van der Waals surface area contributed by atoms with Gasteiger partial charge < -0.3 is 15.4 Å². The van der Waals surface area contributed by atoms with E-state index in [1.165, 1.54) is 42.6 Å². The average molecular weight is 432 g/mol. The second-order valence-electron chi connectivity index (χ2n) is 6.10. The third-order valence-corrected chi connectivity index (χ3v) is 5.00. The number of benzene rings is 2. The predicted octanol–water partition coefficient (Wildman–Crippen LogP) is 4.45. The SMILES string of the molecule is C=C(CNc1cc(-c2ccc(OC(F)(F)F)cc2)c2ncsc2c1C#N)C(=O)NC. The zero-order valence-electron chi connectivity index (χ0n) is 15.6. The Balaban J connectivity index is 2.01. The number of anilines is 1. The third-order valence-electron chi connectivity index (χ3n) is 4.16. The van der Waals surface area contributed by atoms with E-state index < -0.39 is 6.36 Å². The molecule has 3 aromatic rings. The van der Waals surface area contributed by atoms with Gasteiger partial charge in [-0.1, -0.05) is 18.7 Å². The summed E-state index contributed by atoms with van der Waals surface area (Å²) in [6.45, 7) is 3.80. The van der Waals surface area contributed by atoms with Crippen LogP contribution in [0.25, 0.3) is 21.3 Å². The van der Waals surface area contributed by atoms with Gasteiger partial charge in [0.15, 0.2) is 0 Å². The van der Waals surface area contributed by atoms with Crippen molar-refractivity contribution < 1.29 is 22.7 Å². The number of hydrogen-bond donors (Lipinski definition) is 2. The number of nitrogens with zero attached hydrogens (tertiary/aromatic N) is 2. The van der Waals surface area contributed by atoms with E-state index in [1.54, 1.807) is 11.6 Å². The van der Waals surface area contributed by atoms with Crippen LogP contribution in [0.15, 0.2) is 48.0 Å². The molecule has 0 spiro atoms. The molecule has 30 heavy (non-hydrogen) atoms. The molecular weight excluding hydrogens is 417 g/mol. The number of ether oxygens (including phenoxy) is 1. The van der Waals surface area contributed by atoms with Crippen LogP contribution in [-0.4, -0.2) is 30.8 Å². The standard InChI is InChI=1S/C20H15F3N4O2S/c1-11(19(28)25-2)9-26-16-7-14(17-18(15(16)8-24)30-10-27-17)12-3-5-13(6-4-12)29-20(21,22)23/h3-7,10,26H,1,9H2,2H3,(H,25,28). The number of carbonyl (C=O) groups excluding carboxylic acids is 1. The van der Waals surface area contributed by atoms with Gasteiger partial charge in [0.05, 0.1) is 27.0 Å². The first-order valence-electron chi connectivity index (χ1n) is 8.53. The minimum Gasteiger partial charge on any atom is -0.406 e. The largest absolute Gasteiger partial charge is 0.573 e. The molecule has 0 radical (unpaired) electrons. The first-order chi connectivity index (χ1) is 14.2. The van der Waals surface area contributed by atoms with Crippen molar-refractivity contribution in [2.24, 2.45) is 0 Å². The van der Waals surface area contributed by atoms with E-state index in [0.29, 0.717) is 32.6 Å². The molecule has 3 rings (SSSR count). The van der Waals surface area contributed by atoms with Gasteiger partial charge in [0.1, 0.15) is 11.8 Å². The lowest BCUT2D eigenvalue weighted by Crippen LogP contribution is -2.23. The highest BCUT2D eigenvalue weighted by Crippen LogP contribution is 2.37. The summed E-state index contributed by atoms with van der Waals surface area (Å²) in [5, 5.41) is 15.1. The molecule has 154 valence electrons. The summed E-state index contributed by atoms with van der Waals surface area (Å²) in [4.78, 5) is 16.0. The molecule has 0 aliphatic rings. The van der Waals surface area contributed by atoms with Crippen LogP contribution in [0.2, 0.25) is 0 Å². The summed E-state index contributed by atoms with van der Waals surface area (Å²) in [6.07, 6.45) is -4.78. The number of rotatable bonds is 6. The molecule has 0 aliphatic carbocycles. The van der Waals surface area contributed by atoms with E-state index in [9.17, 15) is 23.2 Å². The van der Waals surface area contributed by atoms with Gasteiger partial charge in [0.2, 0.25) is 5.91 Å². The third kappa shape index (κ3) is 4.52. The molecule has 2 N–H and O–H groups in total. The smallest absolute Gasteiger partial charge is 0.406 e. The van der Waals surface area contributed by atoms with E-state index in [1.807, 2.05) is 0 Å². The molecule has 0 atom stereocenters. The van der Waals surface area contributed by atoms with Crippen molar-refractivity contribution in [1.82, 2.24) is 10.3 Å². The number of carbonyl (C=O) groups is 1. The van der Waals surface area contributed by atoms with Gasteiger partial charge in [-0.05, 0) is 23.8 Å². The molecule has 1 aromatic heterocycles. The van der Waals surface area contributed by atoms with Crippen LogP contribution in [0, 0.1) is 11.3 Å². The fraction of sp³-hybridized carbons (Fsp3) is 0.150. The first-order valence-corrected chi connectivity index (χ1v) is 9.41. The highest BCUT2D eigenvalue weighted by Gasteiger charge is 2.31. The predicted molar refractivity (Wildman–Crippen MR) is 108 cm³/mol. The van der Waals surface area contributed by atoms with Gasteiger partial charge in [0.25, 0.3) is 0 Å². The Bertz CT molecular complexity index is 1150. The highest BCUT2D eigenvalue weighted by molar-refractivity contribution is 7.17. The Morgan fingerprint density at radius 1 is 1.33 bits per heavy atom. The van der Waals surface area contributed by atoms with Crippen molar-refractivity contribution in [1.29, 1.82) is 5.26 Å². The molecule has 1 heterocycles. The molecule has 10 heteroatoms. The van der Waals surface area contributed by atoms with Gasteiger partial charge in [-0.3, -0.25) is 4.79 Å². The van der Waals surface area contributed by atoms with Crippen LogP contribution in [0.1, 0.15) is 5.56 Å². The molecular formula is C20H15F3N4O2S. The van der Waals surface area contributed by atoms with E-state index >= 15 is 0 Å². The first kappa shape index (κ1) is 21.1. The molecule has 0 fully saturated rings. The number of nitriles is 1. The topological polar surface area (TPSA) is 87.0 Å². The van der Waals surface area contributed by atoms with E-state index in [-0.39, 0.29) is 23.8 Å². The maximum Gasteiger partial charge on any atom is 0.573 e. The summed E-state index contributed by atoms with van der Waals surface area (Å²) < 4.78 is 41.7. The summed E-state index contributed by atoms with van der Waals surface area (Å²) in [5.74, 6) is -0.671. The van der Waals surface area contributed by atoms with Crippen molar-refractivity contribution in [2.45, 2.75) is 6.36 Å². The number of aromatic nitrogens is 1. The van der Waals surface area contributed by atoms with Crippen molar-refractivity contribution in [3.63, 3.8) is 0 Å². The van der Waals surface area contributed by atoms with Gasteiger partial charge in [0, 0.05) is 24.7 Å². The van der Waals surface area contributed by atoms with Crippen molar-refractivity contribution in [3.8, 4) is 22.9 Å². The Morgan fingerprint density at radius 3 is 2.63 bits per heavy atom. The zero-order chi connectivity index (χ0) is 21.9. The van der Waals surface area contributed by atoms with Crippen LogP contribution in [0.5, 0.6) is 5.75 Å². The van der Waals surface area contributed by atoms with E-state index in [2.05, 4.69) is 33.0 Å². The van der Waals surface area contributed by atoms with Crippen molar-refractivity contribution in [3.05, 3.63) is 53.6 Å². The van der Waals surface area contributed by atoms with Gasteiger partial charge in [-0.25, -0.2) is 4.98 Å². The Kier molecular flexibility index (Phi) is 5.94. The summed E-state index contributed by atoms with van der Waals surface area (Å²) in [5.41, 5.74) is 4.46. The van der Waals surface area contributed by atoms with Gasteiger partial charge in [-0.15, -0.1) is 24.5 Å². The average Bonchev–Trinajstić information content (AvgIpc) is 3.19. The van der Waals surface area contributed by atoms with Crippen LogP contribution >= 0.6 is 11.3 Å². The second-order valence-corrected chi connectivity index (χ2v) is 6.95. The molecule has 1 amide bonds. The van der Waals surface area contributed by atoms with Crippen molar-refractivity contribution in [2.75, 3.05) is 18.9 Å². The number of hydrogen-bond acceptors (Lipinski definition) is 6. The Morgan fingerprint density at radius 2 is 2.03 bits per heavy atom. The number of halogens is 3. The Hall–Kier alpha value is -3.58. The minimum absolute atomic E-state index is 0.108. The van der Waals surface area contributed by atoms with E-state index in [4.69, 9.17) is 0 Å². The normalized spacial score (nSPS) is 11.0. The number of alkyl halides is 3. The van der Waals surface area contributed by atoms with Crippen LogP contribution in [-0.2, 0) is 4.79 Å². The number of likely N-dealkylation sites (N-methyl/N-ethyl adjacent to an activating group) is 1. The molecule has 0 saturated heterocycles. The Labute approximate surface area is 173 Å². The lowest BCUT2D eigenvalue weighted by Gasteiger charge is -2.13. The lowest BCUT2D eigenvalue weighted by atomic mass is 10.0. The monoisotopic (exact) mass is 432 g/mol. The van der Waals surface area contributed by atoms with E-state index in [0.717, 1.165) is 0 Å². The molecule has 2 aromatic carbocycles. The molecule has 0 bridgehead atoms. The quantitative estimate of drug-likeness (QED) is 0.562. The number of fused-ring (bicyclic) bond motifs is 1. The van der Waals surface area contributed by atoms with Crippen LogP contribution in [0.3, 0.4) is 0 Å². The molecule has 0 aliphatic heterocycles. The second kappa shape index (κ2) is 8.42. The number of thiazole rings is 1. The number of amides is 1. The lowest BCUT2D eigenvalue weighted by molar-refractivity contribution is -0.274. The summed E-state index contributed by atoms with van der Waals surface area (Å²) in [6, 6.07) is 9.19. The van der Waals surface area contributed by atoms with Gasteiger partial charge >= 0.3 is 6.36 Å². The molecule has 0 unspecified atom stereocenters. The minimum atomic E-state index is -4.78.